The van der Waals surface area contributed by atoms with Crippen molar-refractivity contribution in [2.24, 2.45) is 0 Å². The first-order chi connectivity index (χ1) is 7.79. The second-order valence-corrected chi connectivity index (χ2v) is 5.42. The molecule has 6 heteroatoms. The minimum absolute atomic E-state index is 0.320. The van der Waals surface area contributed by atoms with Crippen molar-refractivity contribution in [1.29, 1.82) is 0 Å². The van der Waals surface area contributed by atoms with Gasteiger partial charge < -0.3 is 5.32 Å². The van der Waals surface area contributed by atoms with Gasteiger partial charge in [0, 0.05) is 23.0 Å². The van der Waals surface area contributed by atoms with Crippen LogP contribution in [0.5, 0.6) is 0 Å². The number of thiazole rings is 1. The van der Waals surface area contributed by atoms with Crippen molar-refractivity contribution in [1.82, 2.24) is 19.9 Å². The van der Waals surface area contributed by atoms with Crippen molar-refractivity contribution in [2.45, 2.75) is 32.9 Å². The zero-order chi connectivity index (χ0) is 11.4. The Balaban J connectivity index is 1.96. The Morgan fingerprint density at radius 3 is 2.94 bits per heavy atom. The van der Waals surface area contributed by atoms with Crippen LogP contribution in [-0.2, 0) is 6.54 Å². The third-order valence-electron chi connectivity index (χ3n) is 2.28. The number of hydrogen-bond acceptors (Lipinski definition) is 6. The lowest BCUT2D eigenvalue weighted by Gasteiger charge is -2.12. The van der Waals surface area contributed by atoms with Crippen LogP contribution in [0.2, 0.25) is 0 Å². The van der Waals surface area contributed by atoms with E-state index in [1.165, 1.54) is 16.4 Å². The summed E-state index contributed by atoms with van der Waals surface area (Å²) < 4.78 is 3.84. The lowest BCUT2D eigenvalue weighted by atomic mass is 10.2. The van der Waals surface area contributed by atoms with Gasteiger partial charge in [0.15, 0.2) is 0 Å². The van der Waals surface area contributed by atoms with Gasteiger partial charge in [-0.3, -0.25) is 0 Å². The summed E-state index contributed by atoms with van der Waals surface area (Å²) in [7, 11) is 0. The van der Waals surface area contributed by atoms with Gasteiger partial charge in [-0.1, -0.05) is 11.4 Å². The van der Waals surface area contributed by atoms with Crippen LogP contribution in [0, 0.1) is 6.92 Å². The van der Waals surface area contributed by atoms with Crippen LogP contribution >= 0.6 is 22.9 Å². The molecule has 1 atom stereocenters. The monoisotopic (exact) mass is 254 g/mol. The van der Waals surface area contributed by atoms with E-state index in [1.54, 1.807) is 11.3 Å². The number of aromatic nitrogens is 3. The molecule has 2 rings (SSSR count). The maximum Gasteiger partial charge on any atom is 0.110 e. The molecule has 86 valence electrons. The van der Waals surface area contributed by atoms with Crippen LogP contribution < -0.4 is 5.32 Å². The molecule has 1 N–H and O–H groups in total. The molecular weight excluding hydrogens is 240 g/mol. The van der Waals surface area contributed by atoms with Crippen LogP contribution in [0.4, 0.5) is 0 Å². The Labute approximate surface area is 103 Å². The minimum Gasteiger partial charge on any atom is -0.302 e. The molecule has 0 aromatic carbocycles. The molecule has 2 aromatic rings. The van der Waals surface area contributed by atoms with E-state index in [-0.39, 0.29) is 0 Å². The zero-order valence-corrected chi connectivity index (χ0v) is 10.9. The molecule has 0 aliphatic carbocycles. The molecule has 0 amide bonds. The second kappa shape index (κ2) is 5.47. The maximum absolute atomic E-state index is 4.41. The summed E-state index contributed by atoms with van der Waals surface area (Å²) in [6.45, 7) is 5.00. The van der Waals surface area contributed by atoms with E-state index in [4.69, 9.17) is 0 Å². The molecule has 16 heavy (non-hydrogen) atoms. The smallest absolute Gasteiger partial charge is 0.110 e. The van der Waals surface area contributed by atoms with E-state index in [0.717, 1.165) is 23.7 Å². The normalized spacial score (nSPS) is 12.9. The molecule has 0 bridgehead atoms. The van der Waals surface area contributed by atoms with Gasteiger partial charge in [0.25, 0.3) is 0 Å². The fourth-order valence-corrected chi connectivity index (χ4v) is 2.81. The predicted octanol–water partition coefficient (Wildman–Crippen LogP) is 2.54. The number of nitrogens with one attached hydrogen (secondary N) is 1. The van der Waals surface area contributed by atoms with Crippen molar-refractivity contribution in [2.75, 3.05) is 0 Å². The summed E-state index contributed by atoms with van der Waals surface area (Å²) in [5.41, 5.74) is 0.997. The van der Waals surface area contributed by atoms with Crippen LogP contribution in [0.3, 0.4) is 0 Å². The van der Waals surface area contributed by atoms with Crippen molar-refractivity contribution in [3.63, 3.8) is 0 Å². The van der Waals surface area contributed by atoms with Gasteiger partial charge >= 0.3 is 0 Å². The molecule has 2 aromatic heterocycles. The Kier molecular flexibility index (Phi) is 3.98. The topological polar surface area (TPSA) is 50.7 Å². The highest BCUT2D eigenvalue weighted by Gasteiger charge is 2.12. The summed E-state index contributed by atoms with van der Waals surface area (Å²) in [6, 6.07) is 0.320. The van der Waals surface area contributed by atoms with Gasteiger partial charge in [-0.15, -0.1) is 16.4 Å². The zero-order valence-electron chi connectivity index (χ0n) is 9.30. The molecule has 0 fully saturated rings. The van der Waals surface area contributed by atoms with Crippen LogP contribution in [-0.4, -0.2) is 14.6 Å². The lowest BCUT2D eigenvalue weighted by molar-refractivity contribution is 0.511. The minimum atomic E-state index is 0.320. The highest BCUT2D eigenvalue weighted by atomic mass is 32.1. The van der Waals surface area contributed by atoms with Crippen LogP contribution in [0.1, 0.15) is 35.0 Å². The third-order valence-corrected chi connectivity index (χ3v) is 3.86. The molecular formula is C10H14N4S2. The molecule has 0 spiro atoms. The number of nitrogens with zero attached hydrogens (tertiary/aromatic N) is 3. The predicted molar refractivity (Wildman–Crippen MR) is 66.6 cm³/mol. The van der Waals surface area contributed by atoms with Crippen molar-refractivity contribution < 1.29 is 0 Å². The Morgan fingerprint density at radius 1 is 1.50 bits per heavy atom. The van der Waals surface area contributed by atoms with E-state index in [1.807, 2.05) is 11.6 Å². The molecule has 0 saturated heterocycles. The number of aryl methyl sites for hydroxylation is 1. The second-order valence-electron chi connectivity index (χ2n) is 3.55. The average Bonchev–Trinajstić information content (AvgIpc) is 2.91. The van der Waals surface area contributed by atoms with Gasteiger partial charge in [0.1, 0.15) is 5.01 Å². The molecule has 2 heterocycles. The van der Waals surface area contributed by atoms with Crippen LogP contribution in [0.15, 0.2) is 11.6 Å². The molecule has 0 saturated carbocycles. The summed E-state index contributed by atoms with van der Waals surface area (Å²) >= 11 is 3.14. The first-order valence-corrected chi connectivity index (χ1v) is 6.86. The first-order valence-electron chi connectivity index (χ1n) is 5.21. The number of rotatable bonds is 5. The van der Waals surface area contributed by atoms with E-state index < -0.39 is 0 Å². The van der Waals surface area contributed by atoms with E-state index in [9.17, 15) is 0 Å². The SMILES string of the molecule is CCC(NCc1csnn1)c1ncc(C)s1. The average molecular weight is 254 g/mol. The third kappa shape index (κ3) is 2.84. The summed E-state index contributed by atoms with van der Waals surface area (Å²) in [4.78, 5) is 5.66. The van der Waals surface area contributed by atoms with Crippen molar-refractivity contribution in [3.8, 4) is 0 Å². The quantitative estimate of drug-likeness (QED) is 0.891. The highest BCUT2D eigenvalue weighted by Crippen LogP contribution is 2.22. The molecule has 0 aliphatic heterocycles. The summed E-state index contributed by atoms with van der Waals surface area (Å²) in [6.07, 6.45) is 2.96. The highest BCUT2D eigenvalue weighted by molar-refractivity contribution is 7.11. The van der Waals surface area contributed by atoms with Gasteiger partial charge in [-0.05, 0) is 24.9 Å². The first kappa shape index (κ1) is 11.6. The number of hydrogen-bond donors (Lipinski definition) is 1. The van der Waals surface area contributed by atoms with E-state index >= 15 is 0 Å². The standard InChI is InChI=1S/C10H14N4S2/c1-3-9(10-12-4-7(2)16-10)11-5-8-6-15-14-13-8/h4,6,9,11H,3,5H2,1-2H3. The molecule has 0 aliphatic rings. The molecule has 4 nitrogen and oxygen atoms in total. The largest absolute Gasteiger partial charge is 0.302 e. The van der Waals surface area contributed by atoms with Gasteiger partial charge in [0.2, 0.25) is 0 Å². The maximum atomic E-state index is 4.41. The van der Waals surface area contributed by atoms with Crippen molar-refractivity contribution >= 4 is 22.9 Å². The van der Waals surface area contributed by atoms with Gasteiger partial charge in [0.05, 0.1) is 11.7 Å². The van der Waals surface area contributed by atoms with Gasteiger partial charge in [-0.25, -0.2) is 4.98 Å². The van der Waals surface area contributed by atoms with Gasteiger partial charge in [-0.2, -0.15) is 0 Å². The lowest BCUT2D eigenvalue weighted by Crippen LogP contribution is -2.20. The Bertz CT molecular complexity index is 424. The molecule has 1 unspecified atom stereocenters. The summed E-state index contributed by atoms with van der Waals surface area (Å²) in [5, 5.41) is 10.6. The van der Waals surface area contributed by atoms with E-state index in [2.05, 4.69) is 33.7 Å². The molecule has 0 radical (unpaired) electrons. The Hall–Kier alpha value is -0.850. The summed E-state index contributed by atoms with van der Waals surface area (Å²) in [5.74, 6) is 0. The van der Waals surface area contributed by atoms with Crippen molar-refractivity contribution in [3.05, 3.63) is 27.2 Å². The fraction of sp³-hybridized carbons (Fsp3) is 0.500. The van der Waals surface area contributed by atoms with Crippen LogP contribution in [0.25, 0.3) is 0 Å². The van der Waals surface area contributed by atoms with E-state index in [0.29, 0.717) is 6.04 Å². The Morgan fingerprint density at radius 2 is 2.38 bits per heavy atom. The fourth-order valence-electron chi connectivity index (χ4n) is 1.43.